The van der Waals surface area contributed by atoms with Crippen LogP contribution in [0.4, 0.5) is 0 Å². The minimum Gasteiger partial charge on any atom is -0.493 e. The zero-order valence-corrected chi connectivity index (χ0v) is 19.5. The van der Waals surface area contributed by atoms with Crippen LogP contribution >= 0.6 is 0 Å². The van der Waals surface area contributed by atoms with Gasteiger partial charge in [-0.25, -0.2) is 4.72 Å². The lowest BCUT2D eigenvalue weighted by atomic mass is 9.91. The maximum Gasteiger partial charge on any atom is 0.279 e. The molecule has 1 fully saturated rings. The van der Waals surface area contributed by atoms with Gasteiger partial charge in [0.25, 0.3) is 10.2 Å². The van der Waals surface area contributed by atoms with Crippen molar-refractivity contribution in [3.63, 3.8) is 0 Å². The van der Waals surface area contributed by atoms with Crippen molar-refractivity contribution in [3.05, 3.63) is 59.8 Å². The number of nitrogens with zero attached hydrogens (tertiary/aromatic N) is 1. The Kier molecular flexibility index (Phi) is 7.03. The van der Waals surface area contributed by atoms with E-state index in [1.54, 1.807) is 11.4 Å². The molecule has 1 aliphatic rings. The van der Waals surface area contributed by atoms with E-state index in [4.69, 9.17) is 9.47 Å². The van der Waals surface area contributed by atoms with Crippen LogP contribution in [0.3, 0.4) is 0 Å². The monoisotopic (exact) mass is 457 g/mol. The Bertz CT molecular complexity index is 1150. The topological polar surface area (TPSA) is 83.7 Å². The van der Waals surface area contributed by atoms with E-state index in [0.29, 0.717) is 31.2 Å². The molecule has 8 heteroatoms. The van der Waals surface area contributed by atoms with E-state index in [1.165, 1.54) is 0 Å². The number of methoxy groups -OCH3 is 1. The van der Waals surface area contributed by atoms with Gasteiger partial charge in [-0.1, -0.05) is 30.7 Å². The number of hydrogen-bond donors (Lipinski definition) is 2. The standard InChI is InChI=1S/C24H31N3O4S/c1-3-31-23-12-11-18(15-24(23)30-2)20(21-16-25-22-10-6-5-9-19(21)22)17-26-32(28,29)27-13-7-4-8-14-27/h5-6,9-12,15-16,20,25-26H,3-4,7-8,13-14,17H2,1-2H3. The van der Waals surface area contributed by atoms with Gasteiger partial charge in [0.1, 0.15) is 0 Å². The Morgan fingerprint density at radius 3 is 2.62 bits per heavy atom. The number of H-pyrrole nitrogens is 1. The Balaban J connectivity index is 1.69. The van der Waals surface area contributed by atoms with Crippen molar-refractivity contribution in [3.8, 4) is 11.5 Å². The smallest absolute Gasteiger partial charge is 0.279 e. The molecule has 7 nitrogen and oxygen atoms in total. The van der Waals surface area contributed by atoms with E-state index in [-0.39, 0.29) is 12.5 Å². The van der Waals surface area contributed by atoms with Crippen LogP contribution in [-0.4, -0.2) is 51.1 Å². The minimum atomic E-state index is -3.55. The lowest BCUT2D eigenvalue weighted by Gasteiger charge is -2.27. The molecular formula is C24H31N3O4S. The van der Waals surface area contributed by atoms with Crippen molar-refractivity contribution in [1.82, 2.24) is 14.0 Å². The van der Waals surface area contributed by atoms with Crippen LogP contribution in [0.5, 0.6) is 11.5 Å². The summed E-state index contributed by atoms with van der Waals surface area (Å²) in [6, 6.07) is 13.9. The molecule has 2 N–H and O–H groups in total. The van der Waals surface area contributed by atoms with E-state index >= 15 is 0 Å². The summed E-state index contributed by atoms with van der Waals surface area (Å²) in [6.07, 6.45) is 4.86. The molecule has 1 saturated heterocycles. The molecule has 0 radical (unpaired) electrons. The number of aromatic amines is 1. The molecular weight excluding hydrogens is 426 g/mol. The summed E-state index contributed by atoms with van der Waals surface area (Å²) in [6.45, 7) is 3.86. The second-order valence-corrected chi connectivity index (χ2v) is 9.75. The molecule has 1 aromatic heterocycles. The molecule has 1 atom stereocenters. The van der Waals surface area contributed by atoms with Crippen molar-refractivity contribution in [2.24, 2.45) is 0 Å². The van der Waals surface area contributed by atoms with Gasteiger partial charge in [-0.05, 0) is 49.1 Å². The van der Waals surface area contributed by atoms with Gasteiger partial charge >= 0.3 is 0 Å². The van der Waals surface area contributed by atoms with Crippen LogP contribution in [0.2, 0.25) is 0 Å². The average molecular weight is 458 g/mol. The summed E-state index contributed by atoms with van der Waals surface area (Å²) in [5.41, 5.74) is 3.01. The number of nitrogens with one attached hydrogen (secondary N) is 2. The first-order chi connectivity index (χ1) is 15.5. The molecule has 0 aliphatic carbocycles. The predicted octanol–water partition coefficient (Wildman–Crippen LogP) is 4.03. The molecule has 0 amide bonds. The number of hydrogen-bond acceptors (Lipinski definition) is 4. The third kappa shape index (κ3) is 4.77. The largest absolute Gasteiger partial charge is 0.493 e. The fourth-order valence-electron chi connectivity index (χ4n) is 4.35. The Hall–Kier alpha value is -2.55. The van der Waals surface area contributed by atoms with Gasteiger partial charge in [-0.3, -0.25) is 0 Å². The molecule has 3 aromatic rings. The third-order valence-corrected chi connectivity index (χ3v) is 7.59. The SMILES string of the molecule is CCOc1ccc(C(CNS(=O)(=O)N2CCCCC2)c2c[nH]c3ccccc23)cc1OC. The van der Waals surface area contributed by atoms with Crippen LogP contribution in [0, 0.1) is 0 Å². The van der Waals surface area contributed by atoms with E-state index < -0.39 is 10.2 Å². The number of ether oxygens (including phenoxy) is 2. The molecule has 1 aliphatic heterocycles. The van der Waals surface area contributed by atoms with Crippen LogP contribution in [0.1, 0.15) is 43.2 Å². The zero-order chi connectivity index (χ0) is 22.6. The second kappa shape index (κ2) is 9.94. The summed E-state index contributed by atoms with van der Waals surface area (Å²) in [5, 5.41) is 1.07. The van der Waals surface area contributed by atoms with Crippen molar-refractivity contribution >= 4 is 21.1 Å². The molecule has 2 aromatic carbocycles. The summed E-state index contributed by atoms with van der Waals surface area (Å²) in [5.74, 6) is 1.11. The van der Waals surface area contributed by atoms with E-state index in [0.717, 1.165) is 41.3 Å². The Morgan fingerprint density at radius 1 is 1.09 bits per heavy atom. The maximum absolute atomic E-state index is 13.0. The maximum atomic E-state index is 13.0. The van der Waals surface area contributed by atoms with Gasteiger partial charge in [0.15, 0.2) is 11.5 Å². The third-order valence-electron chi connectivity index (χ3n) is 6.01. The van der Waals surface area contributed by atoms with Crippen molar-refractivity contribution in [2.75, 3.05) is 33.4 Å². The van der Waals surface area contributed by atoms with Crippen molar-refractivity contribution in [1.29, 1.82) is 0 Å². The van der Waals surface area contributed by atoms with Gasteiger partial charge < -0.3 is 14.5 Å². The van der Waals surface area contributed by atoms with Crippen molar-refractivity contribution < 1.29 is 17.9 Å². The van der Waals surface area contributed by atoms with Gasteiger partial charge in [0, 0.05) is 42.7 Å². The van der Waals surface area contributed by atoms with E-state index in [1.807, 2.05) is 49.5 Å². The highest BCUT2D eigenvalue weighted by Crippen LogP contribution is 2.36. The van der Waals surface area contributed by atoms with Crippen LogP contribution in [0.25, 0.3) is 10.9 Å². The lowest BCUT2D eigenvalue weighted by Crippen LogP contribution is -2.44. The first-order valence-corrected chi connectivity index (χ1v) is 12.6. The zero-order valence-electron chi connectivity index (χ0n) is 18.6. The molecule has 0 saturated carbocycles. The van der Waals surface area contributed by atoms with Crippen LogP contribution in [0.15, 0.2) is 48.7 Å². The summed E-state index contributed by atoms with van der Waals surface area (Å²) < 4.78 is 41.6. The molecule has 172 valence electrons. The molecule has 2 heterocycles. The fourth-order valence-corrected chi connectivity index (χ4v) is 5.65. The first-order valence-electron chi connectivity index (χ1n) is 11.1. The van der Waals surface area contributed by atoms with Gasteiger partial charge in [0.2, 0.25) is 0 Å². The first kappa shape index (κ1) is 22.6. The summed E-state index contributed by atoms with van der Waals surface area (Å²) in [7, 11) is -1.93. The highest BCUT2D eigenvalue weighted by atomic mass is 32.2. The van der Waals surface area contributed by atoms with E-state index in [9.17, 15) is 8.42 Å². The Morgan fingerprint density at radius 2 is 1.88 bits per heavy atom. The van der Waals surface area contributed by atoms with Crippen molar-refractivity contribution in [2.45, 2.75) is 32.1 Å². The number of para-hydroxylation sites is 1. The number of fused-ring (bicyclic) bond motifs is 1. The van der Waals surface area contributed by atoms with Gasteiger partial charge in [-0.2, -0.15) is 12.7 Å². The van der Waals surface area contributed by atoms with E-state index in [2.05, 4.69) is 15.8 Å². The lowest BCUT2D eigenvalue weighted by molar-refractivity contribution is 0.310. The highest BCUT2D eigenvalue weighted by molar-refractivity contribution is 7.87. The number of rotatable bonds is 9. The Labute approximate surface area is 189 Å². The highest BCUT2D eigenvalue weighted by Gasteiger charge is 2.27. The molecule has 0 spiro atoms. The summed E-state index contributed by atoms with van der Waals surface area (Å²) in [4.78, 5) is 3.32. The molecule has 4 rings (SSSR count). The second-order valence-electron chi connectivity index (χ2n) is 8.00. The predicted molar refractivity (Wildman–Crippen MR) is 127 cm³/mol. The van der Waals surface area contributed by atoms with Crippen LogP contribution in [-0.2, 0) is 10.2 Å². The quantitative estimate of drug-likeness (QED) is 0.508. The molecule has 0 bridgehead atoms. The average Bonchev–Trinajstić information content (AvgIpc) is 3.24. The molecule has 32 heavy (non-hydrogen) atoms. The number of aromatic nitrogens is 1. The van der Waals surface area contributed by atoms with Crippen LogP contribution < -0.4 is 14.2 Å². The number of piperidine rings is 1. The van der Waals surface area contributed by atoms with Gasteiger partial charge in [0.05, 0.1) is 13.7 Å². The minimum absolute atomic E-state index is 0.199. The normalized spacial score (nSPS) is 16.2. The van der Waals surface area contributed by atoms with Gasteiger partial charge in [-0.15, -0.1) is 0 Å². The molecule has 1 unspecified atom stereocenters. The fraction of sp³-hybridized carbons (Fsp3) is 0.417. The summed E-state index contributed by atoms with van der Waals surface area (Å²) >= 11 is 0. The number of benzene rings is 2.